The van der Waals surface area contributed by atoms with E-state index in [9.17, 15) is 4.79 Å². The summed E-state index contributed by atoms with van der Waals surface area (Å²) in [7, 11) is 0. The lowest BCUT2D eigenvalue weighted by Crippen LogP contribution is -2.37. The van der Waals surface area contributed by atoms with Gasteiger partial charge in [0.05, 0.1) is 6.20 Å². The first-order valence-corrected chi connectivity index (χ1v) is 4.83. The zero-order chi connectivity index (χ0) is 11.3. The van der Waals surface area contributed by atoms with E-state index in [1.807, 2.05) is 17.8 Å². The maximum absolute atomic E-state index is 10.5. The van der Waals surface area contributed by atoms with Gasteiger partial charge in [-0.2, -0.15) is 5.10 Å². The van der Waals surface area contributed by atoms with Gasteiger partial charge in [0, 0.05) is 31.4 Å². The maximum Gasteiger partial charge on any atom is 0.247 e. The predicted molar refractivity (Wildman–Crippen MR) is 54.8 cm³/mol. The highest BCUT2D eigenvalue weighted by molar-refractivity contribution is 5.78. The summed E-state index contributed by atoms with van der Waals surface area (Å²) in [6, 6.07) is 0. The van der Waals surface area contributed by atoms with Crippen molar-refractivity contribution >= 4 is 5.91 Å². The molecule has 4 N–H and O–H groups in total. The Kier molecular flexibility index (Phi) is 4.26. The van der Waals surface area contributed by atoms with Crippen molar-refractivity contribution in [3.05, 3.63) is 18.0 Å². The van der Waals surface area contributed by atoms with Crippen LogP contribution < -0.4 is 11.1 Å². The van der Waals surface area contributed by atoms with Crippen molar-refractivity contribution in [1.82, 2.24) is 15.1 Å². The molecular weight excluding hydrogens is 196 g/mol. The van der Waals surface area contributed by atoms with Crippen LogP contribution in [-0.2, 0) is 17.9 Å². The van der Waals surface area contributed by atoms with Gasteiger partial charge in [0.1, 0.15) is 6.10 Å². The second-order valence-corrected chi connectivity index (χ2v) is 3.25. The highest BCUT2D eigenvalue weighted by Gasteiger charge is 2.09. The first-order chi connectivity index (χ1) is 7.13. The van der Waals surface area contributed by atoms with Crippen molar-refractivity contribution in [3.8, 4) is 0 Å². The van der Waals surface area contributed by atoms with Gasteiger partial charge in [-0.1, -0.05) is 0 Å². The van der Waals surface area contributed by atoms with Crippen LogP contribution in [0.15, 0.2) is 12.4 Å². The smallest absolute Gasteiger partial charge is 0.247 e. The third-order valence-corrected chi connectivity index (χ3v) is 2.01. The fraction of sp³-hybridized carbons (Fsp3) is 0.556. The van der Waals surface area contributed by atoms with Gasteiger partial charge in [0.25, 0.3) is 0 Å². The molecule has 0 aliphatic carbocycles. The number of aryl methyl sites for hydroxylation is 1. The molecule has 0 aliphatic heterocycles. The van der Waals surface area contributed by atoms with Crippen molar-refractivity contribution in [3.63, 3.8) is 0 Å². The third kappa shape index (κ3) is 3.69. The largest absolute Gasteiger partial charge is 0.382 e. The summed E-state index contributed by atoms with van der Waals surface area (Å²) in [6.45, 7) is 3.54. The molecule has 0 radical (unpaired) electrons. The van der Waals surface area contributed by atoms with E-state index in [0.29, 0.717) is 6.54 Å². The summed E-state index contributed by atoms with van der Waals surface area (Å²) in [6.07, 6.45) is 2.52. The van der Waals surface area contributed by atoms with Crippen molar-refractivity contribution in [1.29, 1.82) is 0 Å². The number of nitrogens with two attached hydrogens (primary N) is 1. The minimum atomic E-state index is -1.13. The first-order valence-electron chi connectivity index (χ1n) is 4.83. The number of amides is 1. The molecule has 0 bridgehead atoms. The fourth-order valence-corrected chi connectivity index (χ4v) is 1.12. The van der Waals surface area contributed by atoms with Crippen LogP contribution in [0.1, 0.15) is 12.5 Å². The number of aromatic nitrogens is 2. The maximum atomic E-state index is 10.5. The first kappa shape index (κ1) is 11.7. The molecule has 6 heteroatoms. The molecule has 84 valence electrons. The number of hydrogen-bond acceptors (Lipinski definition) is 4. The van der Waals surface area contributed by atoms with Crippen LogP contribution in [0.5, 0.6) is 0 Å². The molecule has 1 aromatic rings. The Bertz CT molecular complexity index is 324. The lowest BCUT2D eigenvalue weighted by molar-refractivity contribution is -0.125. The predicted octanol–water partition coefficient (Wildman–Crippen LogP) is -1.16. The Labute approximate surface area is 88.1 Å². The fourth-order valence-electron chi connectivity index (χ4n) is 1.12. The Morgan fingerprint density at radius 1 is 1.80 bits per heavy atom. The number of nitrogens with zero attached hydrogens (tertiary/aromatic N) is 2. The van der Waals surface area contributed by atoms with Crippen molar-refractivity contribution in [2.45, 2.75) is 26.1 Å². The molecule has 0 fully saturated rings. The van der Waals surface area contributed by atoms with Gasteiger partial charge in [-0.3, -0.25) is 9.48 Å². The van der Waals surface area contributed by atoms with Crippen LogP contribution >= 0.6 is 0 Å². The Morgan fingerprint density at radius 2 is 2.53 bits per heavy atom. The molecule has 1 atom stereocenters. The summed E-state index contributed by atoms with van der Waals surface area (Å²) in [4.78, 5) is 10.5. The molecule has 6 nitrogen and oxygen atoms in total. The van der Waals surface area contributed by atoms with Crippen LogP contribution in [-0.4, -0.2) is 33.4 Å². The molecule has 1 unspecified atom stereocenters. The van der Waals surface area contributed by atoms with E-state index < -0.39 is 12.0 Å². The van der Waals surface area contributed by atoms with Gasteiger partial charge in [0.2, 0.25) is 5.91 Å². The van der Waals surface area contributed by atoms with Crippen molar-refractivity contribution < 1.29 is 9.90 Å². The Morgan fingerprint density at radius 3 is 3.07 bits per heavy atom. The third-order valence-electron chi connectivity index (χ3n) is 2.01. The SMILES string of the molecule is CCn1cc(CNCC(O)C(N)=O)cn1. The summed E-state index contributed by atoms with van der Waals surface area (Å²) in [5, 5.41) is 16.1. The van der Waals surface area contributed by atoms with E-state index in [0.717, 1.165) is 12.1 Å². The number of hydrogen-bond donors (Lipinski definition) is 3. The number of primary amides is 1. The van der Waals surface area contributed by atoms with Gasteiger partial charge in [-0.15, -0.1) is 0 Å². The van der Waals surface area contributed by atoms with E-state index >= 15 is 0 Å². The van der Waals surface area contributed by atoms with Crippen molar-refractivity contribution in [2.24, 2.45) is 5.73 Å². The molecule has 1 rings (SSSR count). The summed E-state index contributed by atoms with van der Waals surface area (Å²) in [5.74, 6) is -0.716. The zero-order valence-corrected chi connectivity index (χ0v) is 8.68. The average molecular weight is 212 g/mol. The number of nitrogens with one attached hydrogen (secondary N) is 1. The van der Waals surface area contributed by atoms with E-state index in [1.54, 1.807) is 6.20 Å². The molecule has 0 aliphatic rings. The lowest BCUT2D eigenvalue weighted by Gasteiger charge is -2.06. The highest BCUT2D eigenvalue weighted by Crippen LogP contribution is 1.96. The van der Waals surface area contributed by atoms with E-state index in [1.165, 1.54) is 0 Å². The molecule has 1 amide bonds. The van der Waals surface area contributed by atoms with E-state index in [2.05, 4.69) is 10.4 Å². The molecule has 0 aromatic carbocycles. The zero-order valence-electron chi connectivity index (χ0n) is 8.68. The quantitative estimate of drug-likeness (QED) is 0.554. The van der Waals surface area contributed by atoms with Gasteiger partial charge in [-0.25, -0.2) is 0 Å². The minimum absolute atomic E-state index is 0.159. The molecule has 0 saturated carbocycles. The number of aliphatic hydroxyl groups excluding tert-OH is 1. The molecule has 1 aromatic heterocycles. The summed E-state index contributed by atoms with van der Waals surface area (Å²) < 4.78 is 1.81. The van der Waals surface area contributed by atoms with Gasteiger partial charge >= 0.3 is 0 Å². The van der Waals surface area contributed by atoms with Gasteiger partial charge in [0.15, 0.2) is 0 Å². The van der Waals surface area contributed by atoms with Crippen LogP contribution in [0.3, 0.4) is 0 Å². The van der Waals surface area contributed by atoms with Crippen molar-refractivity contribution in [2.75, 3.05) is 6.54 Å². The molecule has 0 spiro atoms. The number of carbonyl (C=O) groups excluding carboxylic acids is 1. The second-order valence-electron chi connectivity index (χ2n) is 3.25. The normalized spacial score (nSPS) is 12.7. The van der Waals surface area contributed by atoms with Crippen LogP contribution in [0.2, 0.25) is 0 Å². The molecular formula is C9H16N4O2. The standard InChI is InChI=1S/C9H16N4O2/c1-2-13-6-7(4-12-13)3-11-5-8(14)9(10)15/h4,6,8,11,14H,2-3,5H2,1H3,(H2,10,15). The summed E-state index contributed by atoms with van der Waals surface area (Å²) >= 11 is 0. The second kappa shape index (κ2) is 5.47. The topological polar surface area (TPSA) is 93.2 Å². The monoisotopic (exact) mass is 212 g/mol. The number of carbonyl (C=O) groups is 1. The minimum Gasteiger partial charge on any atom is -0.382 e. The number of rotatable bonds is 6. The molecule has 0 saturated heterocycles. The van der Waals surface area contributed by atoms with Crippen LogP contribution in [0.4, 0.5) is 0 Å². The average Bonchev–Trinajstić information content (AvgIpc) is 2.65. The Hall–Kier alpha value is -1.40. The van der Waals surface area contributed by atoms with Crippen LogP contribution in [0, 0.1) is 0 Å². The molecule has 1 heterocycles. The molecule has 15 heavy (non-hydrogen) atoms. The Balaban J connectivity index is 2.28. The van der Waals surface area contributed by atoms with Gasteiger partial charge < -0.3 is 16.2 Å². The van der Waals surface area contributed by atoms with E-state index in [-0.39, 0.29) is 6.54 Å². The van der Waals surface area contributed by atoms with Crippen LogP contribution in [0.25, 0.3) is 0 Å². The lowest BCUT2D eigenvalue weighted by atomic mass is 10.3. The number of aliphatic hydroxyl groups is 1. The van der Waals surface area contributed by atoms with Gasteiger partial charge in [-0.05, 0) is 6.92 Å². The van der Waals surface area contributed by atoms with E-state index in [4.69, 9.17) is 10.8 Å². The summed E-state index contributed by atoms with van der Waals surface area (Å²) in [5.41, 5.74) is 5.90. The highest BCUT2D eigenvalue weighted by atomic mass is 16.3.